The van der Waals surface area contributed by atoms with Crippen LogP contribution in [0.15, 0.2) is 53.5 Å². The van der Waals surface area contributed by atoms with Crippen LogP contribution in [-0.4, -0.2) is 25.8 Å². The Kier molecular flexibility index (Phi) is 4.49. The van der Waals surface area contributed by atoms with Gasteiger partial charge in [-0.25, -0.2) is 4.98 Å². The number of nitrogens with zero attached hydrogens (tertiary/aromatic N) is 2. The number of carbonyl (C=O) groups excluding carboxylic acids is 1. The highest BCUT2D eigenvalue weighted by molar-refractivity contribution is 5.99. The smallest absolute Gasteiger partial charge is 0.251 e. The van der Waals surface area contributed by atoms with Crippen LogP contribution in [0, 0.1) is 13.8 Å². The van der Waals surface area contributed by atoms with Crippen molar-refractivity contribution in [2.45, 2.75) is 20.4 Å². The van der Waals surface area contributed by atoms with Crippen molar-refractivity contribution in [1.82, 2.24) is 25.3 Å². The Morgan fingerprint density at radius 2 is 1.96 bits per heavy atom. The fourth-order valence-corrected chi connectivity index (χ4v) is 3.10. The summed E-state index contributed by atoms with van der Waals surface area (Å²) >= 11 is 0. The molecule has 3 heterocycles. The van der Waals surface area contributed by atoms with E-state index in [9.17, 15) is 9.59 Å². The van der Waals surface area contributed by atoms with E-state index in [2.05, 4.69) is 25.3 Å². The lowest BCUT2D eigenvalue weighted by Crippen LogP contribution is -2.24. The third-order valence-corrected chi connectivity index (χ3v) is 4.70. The number of amides is 1. The van der Waals surface area contributed by atoms with E-state index < -0.39 is 0 Å². The van der Waals surface area contributed by atoms with Gasteiger partial charge in [0.15, 0.2) is 5.82 Å². The van der Waals surface area contributed by atoms with Crippen LogP contribution in [0.2, 0.25) is 0 Å². The molecule has 4 aromatic rings. The lowest BCUT2D eigenvalue weighted by molar-refractivity contribution is 0.0950. The van der Waals surface area contributed by atoms with Crippen molar-refractivity contribution in [2.75, 3.05) is 0 Å². The number of fused-ring (bicyclic) bond motifs is 1. The monoisotopic (exact) mass is 373 g/mol. The molecular weight excluding hydrogens is 354 g/mol. The molecule has 0 radical (unpaired) electrons. The second kappa shape index (κ2) is 7.11. The van der Waals surface area contributed by atoms with Crippen LogP contribution in [0.1, 0.15) is 27.3 Å². The van der Waals surface area contributed by atoms with Crippen molar-refractivity contribution in [2.24, 2.45) is 0 Å². The van der Waals surface area contributed by atoms with Gasteiger partial charge in [0.25, 0.3) is 11.5 Å². The molecule has 28 heavy (non-hydrogen) atoms. The second-order valence-electron chi connectivity index (χ2n) is 6.62. The molecule has 0 saturated carbocycles. The van der Waals surface area contributed by atoms with Gasteiger partial charge in [0.05, 0.1) is 12.2 Å². The summed E-state index contributed by atoms with van der Waals surface area (Å²) in [5, 5.41) is 3.85. The molecule has 4 rings (SSSR count). The number of carbonyl (C=O) groups is 1. The summed E-state index contributed by atoms with van der Waals surface area (Å²) in [6, 6.07) is 12.3. The molecule has 0 fully saturated rings. The number of hydrogen-bond donors (Lipinski definition) is 3. The summed E-state index contributed by atoms with van der Waals surface area (Å²) in [4.78, 5) is 39.1. The minimum absolute atomic E-state index is 0.145. The molecule has 0 bridgehead atoms. The summed E-state index contributed by atoms with van der Waals surface area (Å²) in [6.45, 7) is 4.17. The maximum absolute atomic E-state index is 12.6. The highest BCUT2D eigenvalue weighted by Crippen LogP contribution is 2.22. The van der Waals surface area contributed by atoms with Gasteiger partial charge in [0.1, 0.15) is 5.69 Å². The van der Waals surface area contributed by atoms with Crippen LogP contribution in [0.3, 0.4) is 0 Å². The number of hydrogen-bond acceptors (Lipinski definition) is 4. The average molecular weight is 373 g/mol. The minimum Gasteiger partial charge on any atom is -0.358 e. The summed E-state index contributed by atoms with van der Waals surface area (Å²) in [7, 11) is 0. The molecule has 3 N–H and O–H groups in total. The van der Waals surface area contributed by atoms with E-state index in [4.69, 9.17) is 0 Å². The van der Waals surface area contributed by atoms with E-state index in [0.717, 1.165) is 22.2 Å². The topological polar surface area (TPSA) is 104 Å². The first kappa shape index (κ1) is 17.7. The van der Waals surface area contributed by atoms with Gasteiger partial charge in [-0.15, -0.1) is 0 Å². The standard InChI is InChI=1S/C21H19N5O2/c1-12-13(2)24-17-7-6-14(9-16(12)17)21(28)23-11-15-10-19(27)26-20(25-15)18-5-3-4-8-22-18/h3-10,24H,11H2,1-2H3,(H,23,28)(H,25,26,27). The molecule has 0 atom stereocenters. The molecule has 0 aliphatic heterocycles. The molecule has 3 aromatic heterocycles. The summed E-state index contributed by atoms with van der Waals surface area (Å²) < 4.78 is 0. The van der Waals surface area contributed by atoms with Gasteiger partial charge in [-0.2, -0.15) is 0 Å². The maximum Gasteiger partial charge on any atom is 0.251 e. The Hall–Kier alpha value is -3.74. The minimum atomic E-state index is -0.292. The fourth-order valence-electron chi connectivity index (χ4n) is 3.10. The van der Waals surface area contributed by atoms with Gasteiger partial charge < -0.3 is 15.3 Å². The average Bonchev–Trinajstić information content (AvgIpc) is 3.00. The van der Waals surface area contributed by atoms with Gasteiger partial charge in [-0.1, -0.05) is 6.07 Å². The molecule has 1 aromatic carbocycles. The lowest BCUT2D eigenvalue weighted by atomic mass is 10.1. The third kappa shape index (κ3) is 3.42. The fraction of sp³-hybridized carbons (Fsp3) is 0.143. The van der Waals surface area contributed by atoms with E-state index >= 15 is 0 Å². The van der Waals surface area contributed by atoms with Gasteiger partial charge >= 0.3 is 0 Å². The van der Waals surface area contributed by atoms with E-state index in [1.165, 1.54) is 6.07 Å². The Balaban J connectivity index is 1.54. The van der Waals surface area contributed by atoms with E-state index in [-0.39, 0.29) is 18.0 Å². The number of aryl methyl sites for hydroxylation is 2. The highest BCUT2D eigenvalue weighted by atomic mass is 16.1. The van der Waals surface area contributed by atoms with Crippen molar-refractivity contribution < 1.29 is 4.79 Å². The highest BCUT2D eigenvalue weighted by Gasteiger charge is 2.11. The van der Waals surface area contributed by atoms with Crippen LogP contribution in [0.5, 0.6) is 0 Å². The number of pyridine rings is 1. The first-order valence-corrected chi connectivity index (χ1v) is 8.90. The zero-order valence-corrected chi connectivity index (χ0v) is 15.5. The van der Waals surface area contributed by atoms with Crippen LogP contribution in [0.25, 0.3) is 22.4 Å². The molecule has 7 heteroatoms. The summed E-state index contributed by atoms with van der Waals surface area (Å²) in [5.41, 5.74) is 4.51. The van der Waals surface area contributed by atoms with E-state index in [1.807, 2.05) is 32.0 Å². The normalized spacial score (nSPS) is 10.9. The van der Waals surface area contributed by atoms with Gasteiger partial charge in [-0.05, 0) is 49.7 Å². The predicted octanol–water partition coefficient (Wildman–Crippen LogP) is 2.86. The lowest BCUT2D eigenvalue weighted by Gasteiger charge is -2.07. The molecule has 140 valence electrons. The first-order valence-electron chi connectivity index (χ1n) is 8.90. The Morgan fingerprint density at radius 3 is 2.75 bits per heavy atom. The first-order chi connectivity index (χ1) is 13.5. The third-order valence-electron chi connectivity index (χ3n) is 4.70. The van der Waals surface area contributed by atoms with Gasteiger partial charge in [-0.3, -0.25) is 14.6 Å². The molecule has 7 nitrogen and oxygen atoms in total. The van der Waals surface area contributed by atoms with Crippen molar-refractivity contribution in [3.05, 3.63) is 81.5 Å². The van der Waals surface area contributed by atoms with E-state index in [1.54, 1.807) is 24.4 Å². The Morgan fingerprint density at radius 1 is 1.11 bits per heavy atom. The largest absolute Gasteiger partial charge is 0.358 e. The molecule has 0 aliphatic carbocycles. The Labute approximate surface area is 160 Å². The zero-order chi connectivity index (χ0) is 19.7. The number of nitrogens with one attached hydrogen (secondary N) is 3. The molecule has 1 amide bonds. The molecular formula is C21H19N5O2. The molecule has 0 unspecified atom stereocenters. The number of H-pyrrole nitrogens is 2. The van der Waals surface area contributed by atoms with Crippen molar-refractivity contribution >= 4 is 16.8 Å². The van der Waals surface area contributed by atoms with Crippen LogP contribution < -0.4 is 10.9 Å². The second-order valence-corrected chi connectivity index (χ2v) is 6.62. The van der Waals surface area contributed by atoms with Crippen molar-refractivity contribution in [3.8, 4) is 11.5 Å². The van der Waals surface area contributed by atoms with E-state index in [0.29, 0.717) is 22.8 Å². The van der Waals surface area contributed by atoms with Crippen molar-refractivity contribution in [3.63, 3.8) is 0 Å². The number of aromatic amines is 2. The van der Waals surface area contributed by atoms with Crippen LogP contribution in [-0.2, 0) is 6.54 Å². The van der Waals surface area contributed by atoms with Gasteiger partial charge in [0, 0.05) is 34.4 Å². The van der Waals surface area contributed by atoms with Crippen LogP contribution in [0.4, 0.5) is 0 Å². The number of aromatic nitrogens is 4. The van der Waals surface area contributed by atoms with Crippen LogP contribution >= 0.6 is 0 Å². The number of benzene rings is 1. The molecule has 0 aliphatic rings. The van der Waals surface area contributed by atoms with Crippen molar-refractivity contribution in [1.29, 1.82) is 0 Å². The molecule has 0 spiro atoms. The molecule has 0 saturated heterocycles. The Bertz CT molecular complexity index is 1220. The maximum atomic E-state index is 12.6. The number of rotatable bonds is 4. The van der Waals surface area contributed by atoms with Gasteiger partial charge in [0.2, 0.25) is 0 Å². The zero-order valence-electron chi connectivity index (χ0n) is 15.5. The predicted molar refractivity (Wildman–Crippen MR) is 107 cm³/mol. The summed E-state index contributed by atoms with van der Waals surface area (Å²) in [5.74, 6) is 0.152. The SMILES string of the molecule is Cc1[nH]c2ccc(C(=O)NCc3cc(=O)[nH]c(-c4ccccn4)n3)cc2c1C. The quantitative estimate of drug-likeness (QED) is 0.512. The summed E-state index contributed by atoms with van der Waals surface area (Å²) in [6.07, 6.45) is 1.63.